The second-order valence-corrected chi connectivity index (χ2v) is 4.30. The largest absolute Gasteiger partial charge is 0.464 e. The lowest BCUT2D eigenvalue weighted by Gasteiger charge is -2.32. The first-order chi connectivity index (χ1) is 10.1. The van der Waals surface area contributed by atoms with Crippen molar-refractivity contribution in [2.75, 3.05) is 13.2 Å². The van der Waals surface area contributed by atoms with Crippen LogP contribution in [0.2, 0.25) is 0 Å². The number of rotatable bonds is 4. The van der Waals surface area contributed by atoms with Crippen LogP contribution in [0.15, 0.2) is 12.3 Å². The molecule has 6 heteroatoms. The second kappa shape index (κ2) is 7.83. The molecule has 1 aromatic heterocycles. The Morgan fingerprint density at radius 3 is 2.57 bits per heavy atom. The smallest absolute Gasteiger partial charge is 0.333 e. The molecule has 2 unspecified atom stereocenters. The van der Waals surface area contributed by atoms with Gasteiger partial charge in [-0.05, 0) is 32.4 Å². The van der Waals surface area contributed by atoms with Crippen LogP contribution in [0.1, 0.15) is 50.0 Å². The van der Waals surface area contributed by atoms with Crippen molar-refractivity contribution in [1.29, 1.82) is 0 Å². The van der Waals surface area contributed by atoms with Gasteiger partial charge in [-0.25, -0.2) is 4.79 Å². The van der Waals surface area contributed by atoms with Gasteiger partial charge in [-0.2, -0.15) is 0 Å². The number of fused-ring (bicyclic) bond motifs is 1. The zero-order valence-electron chi connectivity index (χ0n) is 13.3. The summed E-state index contributed by atoms with van der Waals surface area (Å²) in [5.41, 5.74) is 1.38. The highest BCUT2D eigenvalue weighted by molar-refractivity contribution is 5.98. The number of amides is 1. The van der Waals surface area contributed by atoms with E-state index in [9.17, 15) is 9.59 Å². The number of ether oxygens (including phenoxy) is 2. The third kappa shape index (κ3) is 3.44. The summed E-state index contributed by atoms with van der Waals surface area (Å²) in [4.78, 5) is 24.0. The maximum absolute atomic E-state index is 12.0. The predicted octanol–water partition coefficient (Wildman–Crippen LogP) is 2.03. The van der Waals surface area contributed by atoms with E-state index in [1.807, 2.05) is 33.8 Å². The first-order valence-electron chi connectivity index (χ1n) is 7.36. The van der Waals surface area contributed by atoms with Crippen molar-refractivity contribution < 1.29 is 19.1 Å². The first kappa shape index (κ1) is 17.2. The van der Waals surface area contributed by atoms with Crippen molar-refractivity contribution in [3.05, 3.63) is 23.5 Å². The molecular weight excluding hydrogens is 272 g/mol. The van der Waals surface area contributed by atoms with E-state index in [2.05, 4.69) is 5.32 Å². The summed E-state index contributed by atoms with van der Waals surface area (Å²) in [6.07, 6.45) is 1.20. The van der Waals surface area contributed by atoms with Gasteiger partial charge >= 0.3 is 5.97 Å². The number of aromatic nitrogens is 1. The normalized spacial score (nSPS) is 20.0. The number of nitrogens with one attached hydrogen (secondary N) is 1. The molecule has 1 aliphatic heterocycles. The number of esters is 1. The SMILES string of the molecule is CC.CCOC(=O)C1NC(=O)c2c(C)ccn2C1OCC. The molecule has 6 nitrogen and oxygen atoms in total. The minimum absolute atomic E-state index is 0.265. The lowest BCUT2D eigenvalue weighted by molar-refractivity contribution is -0.153. The summed E-state index contributed by atoms with van der Waals surface area (Å²) in [6, 6.07) is 1.01. The Kier molecular flexibility index (Phi) is 6.42. The van der Waals surface area contributed by atoms with E-state index >= 15 is 0 Å². The molecule has 0 saturated heterocycles. The standard InChI is InChI=1S/C13H18N2O4.C2H6/c1-4-18-12-9(13(17)19-5-2)14-11(16)10-8(3)6-7-15(10)12;1-2/h6-7,9,12H,4-5H2,1-3H3,(H,14,16);1-2H3. The van der Waals surface area contributed by atoms with Gasteiger partial charge in [-0.3, -0.25) is 4.79 Å². The topological polar surface area (TPSA) is 69.6 Å². The van der Waals surface area contributed by atoms with Gasteiger partial charge < -0.3 is 19.4 Å². The van der Waals surface area contributed by atoms with Crippen molar-refractivity contribution in [1.82, 2.24) is 9.88 Å². The Labute approximate surface area is 125 Å². The molecule has 1 N–H and O–H groups in total. The zero-order chi connectivity index (χ0) is 16.0. The zero-order valence-corrected chi connectivity index (χ0v) is 13.3. The van der Waals surface area contributed by atoms with Crippen molar-refractivity contribution in [2.45, 2.75) is 46.9 Å². The molecule has 0 aromatic carbocycles. The van der Waals surface area contributed by atoms with Crippen LogP contribution in [-0.4, -0.2) is 35.7 Å². The molecule has 0 bridgehead atoms. The van der Waals surface area contributed by atoms with Crippen molar-refractivity contribution >= 4 is 11.9 Å². The molecule has 0 radical (unpaired) electrons. The summed E-state index contributed by atoms with van der Waals surface area (Å²) < 4.78 is 12.3. The molecular formula is C15H24N2O4. The van der Waals surface area contributed by atoms with Crippen LogP contribution in [0.3, 0.4) is 0 Å². The van der Waals surface area contributed by atoms with Crippen LogP contribution in [0.25, 0.3) is 0 Å². The molecule has 1 aliphatic rings. The number of aryl methyl sites for hydroxylation is 1. The van der Waals surface area contributed by atoms with Crippen LogP contribution in [0, 0.1) is 6.92 Å². The summed E-state index contributed by atoms with van der Waals surface area (Å²) in [5.74, 6) is -0.761. The predicted molar refractivity (Wildman–Crippen MR) is 79.1 cm³/mol. The van der Waals surface area contributed by atoms with Gasteiger partial charge in [-0.15, -0.1) is 0 Å². The van der Waals surface area contributed by atoms with Crippen LogP contribution in [0.5, 0.6) is 0 Å². The van der Waals surface area contributed by atoms with E-state index in [0.717, 1.165) is 5.56 Å². The Balaban J connectivity index is 0.00000106. The Morgan fingerprint density at radius 1 is 1.33 bits per heavy atom. The first-order valence-corrected chi connectivity index (χ1v) is 7.36. The van der Waals surface area contributed by atoms with E-state index in [1.165, 1.54) is 0 Å². The van der Waals surface area contributed by atoms with Gasteiger partial charge in [0, 0.05) is 12.8 Å². The third-order valence-corrected chi connectivity index (χ3v) is 3.06. The maximum Gasteiger partial charge on any atom is 0.333 e. The van der Waals surface area contributed by atoms with Crippen LogP contribution < -0.4 is 5.32 Å². The lowest BCUT2D eigenvalue weighted by Crippen LogP contribution is -2.53. The van der Waals surface area contributed by atoms with Crippen LogP contribution in [-0.2, 0) is 14.3 Å². The Bertz CT molecular complexity index is 496. The highest BCUT2D eigenvalue weighted by atomic mass is 16.5. The summed E-state index contributed by atoms with van der Waals surface area (Å²) >= 11 is 0. The lowest BCUT2D eigenvalue weighted by atomic mass is 10.1. The molecule has 2 rings (SSSR count). The average molecular weight is 296 g/mol. The summed E-state index contributed by atoms with van der Waals surface area (Å²) in [6.45, 7) is 10.1. The van der Waals surface area contributed by atoms with Gasteiger partial charge in [0.15, 0.2) is 12.3 Å². The Hall–Kier alpha value is -1.82. The number of hydrogen-bond acceptors (Lipinski definition) is 4. The van der Waals surface area contributed by atoms with E-state index < -0.39 is 18.2 Å². The third-order valence-electron chi connectivity index (χ3n) is 3.06. The molecule has 2 heterocycles. The highest BCUT2D eigenvalue weighted by Gasteiger charge is 2.39. The van der Waals surface area contributed by atoms with E-state index in [1.54, 1.807) is 17.7 Å². The van der Waals surface area contributed by atoms with Gasteiger partial charge in [0.2, 0.25) is 0 Å². The van der Waals surface area contributed by atoms with E-state index in [-0.39, 0.29) is 12.5 Å². The van der Waals surface area contributed by atoms with Crippen LogP contribution in [0.4, 0.5) is 0 Å². The molecule has 2 atom stereocenters. The quantitative estimate of drug-likeness (QED) is 0.863. The van der Waals surface area contributed by atoms with Crippen molar-refractivity contribution in [3.8, 4) is 0 Å². The molecule has 0 aliphatic carbocycles. The maximum atomic E-state index is 12.0. The van der Waals surface area contributed by atoms with Gasteiger partial charge in [0.05, 0.1) is 6.61 Å². The minimum Gasteiger partial charge on any atom is -0.464 e. The number of hydrogen-bond donors (Lipinski definition) is 1. The molecule has 0 saturated carbocycles. The summed E-state index contributed by atoms with van der Waals surface area (Å²) in [5, 5.41) is 2.66. The number of carbonyl (C=O) groups excluding carboxylic acids is 2. The van der Waals surface area contributed by atoms with Crippen molar-refractivity contribution in [2.24, 2.45) is 0 Å². The van der Waals surface area contributed by atoms with E-state index in [4.69, 9.17) is 9.47 Å². The fraction of sp³-hybridized carbons (Fsp3) is 0.600. The molecule has 0 fully saturated rings. The molecule has 118 valence electrons. The van der Waals surface area contributed by atoms with Crippen LogP contribution >= 0.6 is 0 Å². The van der Waals surface area contributed by atoms with Crippen molar-refractivity contribution in [3.63, 3.8) is 0 Å². The van der Waals surface area contributed by atoms with Gasteiger partial charge in [0.1, 0.15) is 5.69 Å². The average Bonchev–Trinajstić information content (AvgIpc) is 2.87. The van der Waals surface area contributed by atoms with E-state index in [0.29, 0.717) is 12.3 Å². The summed E-state index contributed by atoms with van der Waals surface area (Å²) in [7, 11) is 0. The fourth-order valence-corrected chi connectivity index (χ4v) is 2.25. The molecule has 21 heavy (non-hydrogen) atoms. The molecule has 0 spiro atoms. The fourth-order valence-electron chi connectivity index (χ4n) is 2.25. The molecule has 1 aromatic rings. The number of carbonyl (C=O) groups is 2. The highest BCUT2D eigenvalue weighted by Crippen LogP contribution is 2.25. The second-order valence-electron chi connectivity index (χ2n) is 4.30. The minimum atomic E-state index is -0.813. The monoisotopic (exact) mass is 296 g/mol. The Morgan fingerprint density at radius 2 is 2.00 bits per heavy atom. The number of nitrogens with zero attached hydrogens (tertiary/aromatic N) is 1. The molecule has 1 amide bonds. The van der Waals surface area contributed by atoms with Gasteiger partial charge in [-0.1, -0.05) is 13.8 Å². The van der Waals surface area contributed by atoms with Gasteiger partial charge in [0.25, 0.3) is 5.91 Å².